The fourth-order valence-corrected chi connectivity index (χ4v) is 3.76. The molecule has 0 bridgehead atoms. The van der Waals surface area contributed by atoms with E-state index in [1.54, 1.807) is 12.1 Å². The van der Waals surface area contributed by atoms with E-state index in [1.807, 2.05) is 13.8 Å². The van der Waals surface area contributed by atoms with Gasteiger partial charge in [-0.25, -0.2) is 0 Å². The van der Waals surface area contributed by atoms with Crippen LogP contribution in [0.3, 0.4) is 0 Å². The number of primary amides is 1. The molecular formula is C22H33N5O5. The van der Waals surface area contributed by atoms with Crippen LogP contribution in [-0.2, 0) is 25.6 Å². The van der Waals surface area contributed by atoms with Gasteiger partial charge in [0, 0.05) is 6.54 Å². The van der Waals surface area contributed by atoms with Gasteiger partial charge in [0.1, 0.15) is 17.8 Å². The highest BCUT2D eigenvalue weighted by atomic mass is 16.3. The molecule has 0 aromatic heterocycles. The zero-order chi connectivity index (χ0) is 23.8. The highest BCUT2D eigenvalue weighted by Crippen LogP contribution is 2.20. The van der Waals surface area contributed by atoms with Crippen LogP contribution in [0.15, 0.2) is 24.3 Å². The van der Waals surface area contributed by atoms with Crippen LogP contribution in [0.2, 0.25) is 0 Å². The first-order valence-corrected chi connectivity index (χ1v) is 10.8. The number of hydrogen-bond donors (Lipinski definition) is 5. The van der Waals surface area contributed by atoms with E-state index in [0.717, 1.165) is 5.56 Å². The molecule has 1 saturated heterocycles. The third-order valence-electron chi connectivity index (χ3n) is 5.32. The van der Waals surface area contributed by atoms with Gasteiger partial charge in [0.2, 0.25) is 23.6 Å². The van der Waals surface area contributed by atoms with Gasteiger partial charge in [-0.2, -0.15) is 0 Å². The first-order valence-electron chi connectivity index (χ1n) is 10.8. The number of carbonyl (C=O) groups excluding carboxylic acids is 4. The van der Waals surface area contributed by atoms with Crippen molar-refractivity contribution in [2.24, 2.45) is 17.4 Å². The fraction of sp³-hybridized carbons (Fsp3) is 0.545. The van der Waals surface area contributed by atoms with Gasteiger partial charge in [0.15, 0.2) is 0 Å². The lowest BCUT2D eigenvalue weighted by atomic mass is 10.0. The summed E-state index contributed by atoms with van der Waals surface area (Å²) >= 11 is 0. The van der Waals surface area contributed by atoms with Crippen LogP contribution in [0.1, 0.15) is 38.7 Å². The van der Waals surface area contributed by atoms with Crippen LogP contribution in [0.5, 0.6) is 5.75 Å². The summed E-state index contributed by atoms with van der Waals surface area (Å²) < 4.78 is 0. The molecule has 0 saturated carbocycles. The van der Waals surface area contributed by atoms with Crippen molar-refractivity contribution in [2.45, 2.75) is 57.7 Å². The molecule has 0 radical (unpaired) electrons. The first kappa shape index (κ1) is 25.1. The maximum absolute atomic E-state index is 13.0. The molecule has 1 aliphatic heterocycles. The minimum absolute atomic E-state index is 0.111. The van der Waals surface area contributed by atoms with E-state index in [2.05, 4.69) is 10.6 Å². The minimum atomic E-state index is -0.843. The Morgan fingerprint density at radius 1 is 1.19 bits per heavy atom. The van der Waals surface area contributed by atoms with Crippen LogP contribution >= 0.6 is 0 Å². The summed E-state index contributed by atoms with van der Waals surface area (Å²) in [5, 5.41) is 14.5. The molecule has 3 atom stereocenters. The fourth-order valence-electron chi connectivity index (χ4n) is 3.76. The van der Waals surface area contributed by atoms with Crippen molar-refractivity contribution in [3.63, 3.8) is 0 Å². The summed E-state index contributed by atoms with van der Waals surface area (Å²) in [4.78, 5) is 50.8. The van der Waals surface area contributed by atoms with E-state index in [1.165, 1.54) is 17.0 Å². The van der Waals surface area contributed by atoms with Crippen molar-refractivity contribution in [1.82, 2.24) is 15.5 Å². The summed E-state index contributed by atoms with van der Waals surface area (Å²) in [5.41, 5.74) is 12.0. The monoisotopic (exact) mass is 447 g/mol. The van der Waals surface area contributed by atoms with Gasteiger partial charge in [-0.05, 0) is 49.3 Å². The van der Waals surface area contributed by atoms with Crippen molar-refractivity contribution in [1.29, 1.82) is 0 Å². The Morgan fingerprint density at radius 2 is 1.84 bits per heavy atom. The molecule has 0 spiro atoms. The molecule has 2 rings (SSSR count). The van der Waals surface area contributed by atoms with E-state index < -0.39 is 35.8 Å². The minimum Gasteiger partial charge on any atom is -0.508 e. The molecule has 4 amide bonds. The van der Waals surface area contributed by atoms with E-state index in [-0.39, 0.29) is 30.5 Å². The molecule has 1 aromatic carbocycles. The SMILES string of the molecule is CC(C)C[C@H](NC(=O)[C@H]1CCCN1C(=O)[C@@H](N)Cc1ccc(O)cc1)C(=O)NCC(N)=O. The Balaban J connectivity index is 2.03. The van der Waals surface area contributed by atoms with Gasteiger partial charge in [0.05, 0.1) is 12.6 Å². The lowest BCUT2D eigenvalue weighted by Gasteiger charge is -2.28. The lowest BCUT2D eigenvalue weighted by Crippen LogP contribution is -2.56. The second kappa shape index (κ2) is 11.5. The highest BCUT2D eigenvalue weighted by molar-refractivity contribution is 5.94. The molecule has 176 valence electrons. The molecule has 1 fully saturated rings. The molecule has 7 N–H and O–H groups in total. The number of phenolic OH excluding ortho intramolecular Hbond substituents is 1. The third-order valence-corrected chi connectivity index (χ3v) is 5.32. The number of likely N-dealkylation sites (tertiary alicyclic amines) is 1. The normalized spacial score (nSPS) is 17.6. The molecule has 32 heavy (non-hydrogen) atoms. The van der Waals surface area contributed by atoms with Gasteiger partial charge in [-0.1, -0.05) is 26.0 Å². The molecule has 0 unspecified atom stereocenters. The maximum Gasteiger partial charge on any atom is 0.243 e. The van der Waals surface area contributed by atoms with Gasteiger partial charge in [0.25, 0.3) is 0 Å². The van der Waals surface area contributed by atoms with Crippen LogP contribution in [0.25, 0.3) is 0 Å². The average Bonchev–Trinajstić information content (AvgIpc) is 3.22. The van der Waals surface area contributed by atoms with Crippen molar-refractivity contribution in [2.75, 3.05) is 13.1 Å². The molecular weight excluding hydrogens is 414 g/mol. The number of nitrogens with two attached hydrogens (primary N) is 2. The maximum atomic E-state index is 13.0. The number of hydrogen-bond acceptors (Lipinski definition) is 6. The number of aromatic hydroxyl groups is 1. The van der Waals surface area contributed by atoms with Crippen molar-refractivity contribution in [3.05, 3.63) is 29.8 Å². The quantitative estimate of drug-likeness (QED) is 0.320. The molecule has 1 aromatic rings. The highest BCUT2D eigenvalue weighted by Gasteiger charge is 2.37. The van der Waals surface area contributed by atoms with E-state index in [0.29, 0.717) is 25.8 Å². The van der Waals surface area contributed by atoms with Crippen molar-refractivity contribution < 1.29 is 24.3 Å². The Kier molecular flexibility index (Phi) is 9.01. The number of nitrogens with zero attached hydrogens (tertiary/aromatic N) is 1. The molecule has 1 aliphatic rings. The summed E-state index contributed by atoms with van der Waals surface area (Å²) in [6.07, 6.45) is 1.77. The Bertz CT molecular complexity index is 827. The molecule has 0 aliphatic carbocycles. The zero-order valence-electron chi connectivity index (χ0n) is 18.5. The first-order chi connectivity index (χ1) is 15.1. The van der Waals surface area contributed by atoms with Crippen molar-refractivity contribution in [3.8, 4) is 5.75 Å². The summed E-state index contributed by atoms with van der Waals surface area (Å²) in [6, 6.07) is 4.04. The van der Waals surface area contributed by atoms with E-state index in [9.17, 15) is 24.3 Å². The second-order valence-corrected chi connectivity index (χ2v) is 8.54. The van der Waals surface area contributed by atoms with Gasteiger partial charge in [-0.15, -0.1) is 0 Å². The largest absolute Gasteiger partial charge is 0.508 e. The van der Waals surface area contributed by atoms with E-state index >= 15 is 0 Å². The number of phenols is 1. The average molecular weight is 448 g/mol. The Morgan fingerprint density at radius 3 is 2.44 bits per heavy atom. The number of benzene rings is 1. The molecule has 10 nitrogen and oxygen atoms in total. The third kappa shape index (κ3) is 7.23. The second-order valence-electron chi connectivity index (χ2n) is 8.54. The lowest BCUT2D eigenvalue weighted by molar-refractivity contribution is -0.140. The van der Waals surface area contributed by atoms with Gasteiger partial charge >= 0.3 is 0 Å². The Hall–Kier alpha value is -3.14. The predicted molar refractivity (Wildman–Crippen MR) is 118 cm³/mol. The summed E-state index contributed by atoms with van der Waals surface area (Å²) in [6.45, 7) is 3.91. The van der Waals surface area contributed by atoms with Gasteiger partial charge < -0.3 is 32.1 Å². The summed E-state index contributed by atoms with van der Waals surface area (Å²) in [5.74, 6) is -1.70. The van der Waals surface area contributed by atoms with Crippen LogP contribution in [0.4, 0.5) is 0 Å². The van der Waals surface area contributed by atoms with Crippen molar-refractivity contribution >= 4 is 23.6 Å². The topological polar surface area (TPSA) is 168 Å². The van der Waals surface area contributed by atoms with Crippen LogP contribution in [0, 0.1) is 5.92 Å². The van der Waals surface area contributed by atoms with E-state index in [4.69, 9.17) is 11.5 Å². The number of nitrogens with one attached hydrogen (secondary N) is 2. The molecule has 1 heterocycles. The zero-order valence-corrected chi connectivity index (χ0v) is 18.5. The van der Waals surface area contributed by atoms with Crippen LogP contribution < -0.4 is 22.1 Å². The number of amides is 4. The number of rotatable bonds is 10. The predicted octanol–water partition coefficient (Wildman–Crippen LogP) is -0.615. The van der Waals surface area contributed by atoms with Crippen LogP contribution in [-0.4, -0.2) is 64.9 Å². The smallest absolute Gasteiger partial charge is 0.243 e. The Labute approximate surface area is 187 Å². The standard InChI is InChI=1S/C22H33N5O5/c1-13(2)10-17(20(30)25-12-19(24)29)26-21(31)18-4-3-9-27(18)22(32)16(23)11-14-5-7-15(28)8-6-14/h5-8,13,16-18,28H,3-4,9-12,23H2,1-2H3,(H2,24,29)(H,25,30)(H,26,31)/t16-,17-,18+/m0/s1. The molecule has 10 heteroatoms. The summed E-state index contributed by atoms with van der Waals surface area (Å²) in [7, 11) is 0. The number of carbonyl (C=O) groups is 4. The van der Waals surface area contributed by atoms with Gasteiger partial charge in [-0.3, -0.25) is 19.2 Å².